The number of para-hydroxylation sites is 1. The number of hydrogen-bond acceptors (Lipinski definition) is 2. The first kappa shape index (κ1) is 7.94. The first-order valence-corrected chi connectivity index (χ1v) is 4.86. The molecule has 0 atom stereocenters. The van der Waals surface area contributed by atoms with Crippen LogP contribution in [0.15, 0.2) is 36.5 Å². The number of rotatable bonds is 1. The molecule has 1 aromatic carbocycles. The van der Waals surface area contributed by atoms with Gasteiger partial charge in [0.2, 0.25) is 0 Å². The second-order valence-electron chi connectivity index (χ2n) is 3.91. The highest BCUT2D eigenvalue weighted by Crippen LogP contribution is 2.47. The maximum Gasteiger partial charge on any atom is 0.0919 e. The van der Waals surface area contributed by atoms with Gasteiger partial charge in [-0.25, -0.2) is 0 Å². The third-order valence-corrected chi connectivity index (χ3v) is 2.86. The Hall–Kier alpha value is -1.41. The van der Waals surface area contributed by atoms with Crippen LogP contribution < -0.4 is 0 Å². The number of benzene rings is 1. The molecule has 1 heterocycles. The first-order chi connectivity index (χ1) is 6.80. The van der Waals surface area contributed by atoms with Crippen LogP contribution in [0.4, 0.5) is 0 Å². The van der Waals surface area contributed by atoms with E-state index in [1.165, 1.54) is 0 Å². The quantitative estimate of drug-likeness (QED) is 0.739. The molecule has 2 nitrogen and oxygen atoms in total. The highest BCUT2D eigenvalue weighted by molar-refractivity contribution is 5.82. The zero-order chi connectivity index (χ0) is 9.60. The smallest absolute Gasteiger partial charge is 0.0919 e. The van der Waals surface area contributed by atoms with Gasteiger partial charge < -0.3 is 5.11 Å². The monoisotopic (exact) mass is 185 g/mol. The Bertz CT molecular complexity index is 483. The summed E-state index contributed by atoms with van der Waals surface area (Å²) in [4.78, 5) is 4.33. The summed E-state index contributed by atoms with van der Waals surface area (Å²) in [6.07, 6.45) is 3.50. The van der Waals surface area contributed by atoms with Gasteiger partial charge in [-0.1, -0.05) is 24.3 Å². The molecule has 0 saturated heterocycles. The number of aromatic nitrogens is 1. The molecule has 0 radical (unpaired) electrons. The van der Waals surface area contributed by atoms with Crippen LogP contribution in [0.1, 0.15) is 18.4 Å². The minimum atomic E-state index is -0.589. The van der Waals surface area contributed by atoms with E-state index in [9.17, 15) is 5.11 Å². The molecule has 1 fully saturated rings. The van der Waals surface area contributed by atoms with Gasteiger partial charge in [0.25, 0.3) is 0 Å². The molecule has 70 valence electrons. The zero-order valence-electron chi connectivity index (χ0n) is 7.77. The van der Waals surface area contributed by atoms with Gasteiger partial charge >= 0.3 is 0 Å². The molecular weight excluding hydrogens is 174 g/mol. The van der Waals surface area contributed by atoms with Gasteiger partial charge in [-0.2, -0.15) is 0 Å². The molecule has 0 bridgehead atoms. The average molecular weight is 185 g/mol. The summed E-state index contributed by atoms with van der Waals surface area (Å²) in [5.41, 5.74) is 1.33. The molecule has 0 spiro atoms. The standard InChI is InChI=1S/C12H11NO/c14-12(6-7-12)10-5-1-3-9-4-2-8-13-11(9)10/h1-5,8,14H,6-7H2. The zero-order valence-corrected chi connectivity index (χ0v) is 7.77. The summed E-state index contributed by atoms with van der Waals surface area (Å²) in [7, 11) is 0. The lowest BCUT2D eigenvalue weighted by Crippen LogP contribution is -2.05. The number of pyridine rings is 1. The van der Waals surface area contributed by atoms with Gasteiger partial charge in [0.15, 0.2) is 0 Å². The van der Waals surface area contributed by atoms with Crippen molar-refractivity contribution in [2.75, 3.05) is 0 Å². The molecule has 1 aliphatic rings. The van der Waals surface area contributed by atoms with Crippen LogP contribution in [0.2, 0.25) is 0 Å². The number of aliphatic hydroxyl groups is 1. The fraction of sp³-hybridized carbons (Fsp3) is 0.250. The molecule has 1 aliphatic carbocycles. The van der Waals surface area contributed by atoms with Crippen LogP contribution in [-0.2, 0) is 5.60 Å². The predicted octanol–water partition coefficient (Wildman–Crippen LogP) is 2.22. The first-order valence-electron chi connectivity index (χ1n) is 4.86. The number of nitrogens with zero attached hydrogens (tertiary/aromatic N) is 1. The van der Waals surface area contributed by atoms with Crippen molar-refractivity contribution in [3.8, 4) is 0 Å². The highest BCUT2D eigenvalue weighted by atomic mass is 16.3. The Kier molecular flexibility index (Phi) is 1.45. The van der Waals surface area contributed by atoms with E-state index in [0.717, 1.165) is 29.3 Å². The van der Waals surface area contributed by atoms with Crippen molar-refractivity contribution in [2.45, 2.75) is 18.4 Å². The van der Waals surface area contributed by atoms with E-state index in [1.807, 2.05) is 30.3 Å². The van der Waals surface area contributed by atoms with Crippen LogP contribution in [-0.4, -0.2) is 10.1 Å². The summed E-state index contributed by atoms with van der Waals surface area (Å²) >= 11 is 0. The topological polar surface area (TPSA) is 33.1 Å². The van der Waals surface area contributed by atoms with Gasteiger partial charge in [-0.05, 0) is 18.9 Å². The second kappa shape index (κ2) is 2.55. The Morgan fingerprint density at radius 3 is 2.71 bits per heavy atom. The van der Waals surface area contributed by atoms with E-state index in [2.05, 4.69) is 4.98 Å². The van der Waals surface area contributed by atoms with Gasteiger partial charge in [-0.15, -0.1) is 0 Å². The lowest BCUT2D eigenvalue weighted by atomic mass is 10.0. The molecule has 1 aromatic heterocycles. The van der Waals surface area contributed by atoms with Crippen molar-refractivity contribution in [3.05, 3.63) is 42.1 Å². The molecule has 0 aliphatic heterocycles. The van der Waals surface area contributed by atoms with Crippen LogP contribution in [0.3, 0.4) is 0 Å². The molecule has 0 amide bonds. The fourth-order valence-electron chi connectivity index (χ4n) is 1.87. The van der Waals surface area contributed by atoms with E-state index in [-0.39, 0.29) is 0 Å². The van der Waals surface area contributed by atoms with Crippen molar-refractivity contribution in [2.24, 2.45) is 0 Å². The molecule has 1 saturated carbocycles. The van der Waals surface area contributed by atoms with Crippen LogP contribution in [0.5, 0.6) is 0 Å². The highest BCUT2D eigenvalue weighted by Gasteiger charge is 2.43. The van der Waals surface area contributed by atoms with Crippen molar-refractivity contribution >= 4 is 10.9 Å². The van der Waals surface area contributed by atoms with E-state index in [4.69, 9.17) is 0 Å². The second-order valence-corrected chi connectivity index (χ2v) is 3.91. The molecule has 14 heavy (non-hydrogen) atoms. The Balaban J connectivity index is 2.33. The summed E-state index contributed by atoms with van der Waals surface area (Å²) in [5, 5.41) is 11.2. The SMILES string of the molecule is OC1(c2cccc3cccnc23)CC1. The molecule has 2 aromatic rings. The maximum atomic E-state index is 10.1. The number of fused-ring (bicyclic) bond motifs is 1. The Morgan fingerprint density at radius 1 is 1.14 bits per heavy atom. The minimum Gasteiger partial charge on any atom is -0.385 e. The molecule has 0 unspecified atom stereocenters. The van der Waals surface area contributed by atoms with Crippen molar-refractivity contribution in [1.29, 1.82) is 0 Å². The lowest BCUT2D eigenvalue weighted by Gasteiger charge is -2.10. The van der Waals surface area contributed by atoms with Crippen molar-refractivity contribution in [3.63, 3.8) is 0 Å². The largest absolute Gasteiger partial charge is 0.385 e. The molecule has 1 N–H and O–H groups in total. The summed E-state index contributed by atoms with van der Waals surface area (Å²) < 4.78 is 0. The van der Waals surface area contributed by atoms with Crippen molar-refractivity contribution < 1.29 is 5.11 Å². The fourth-order valence-corrected chi connectivity index (χ4v) is 1.87. The third kappa shape index (κ3) is 1.04. The maximum absolute atomic E-state index is 10.1. The normalized spacial score (nSPS) is 18.4. The predicted molar refractivity (Wildman–Crippen MR) is 54.9 cm³/mol. The van der Waals surface area contributed by atoms with E-state index < -0.39 is 5.60 Å². The van der Waals surface area contributed by atoms with E-state index >= 15 is 0 Å². The van der Waals surface area contributed by atoms with Crippen LogP contribution in [0, 0.1) is 0 Å². The lowest BCUT2D eigenvalue weighted by molar-refractivity contribution is 0.153. The number of hydrogen-bond donors (Lipinski definition) is 1. The van der Waals surface area contributed by atoms with Gasteiger partial charge in [-0.3, -0.25) is 4.98 Å². The third-order valence-electron chi connectivity index (χ3n) is 2.86. The average Bonchev–Trinajstić information content (AvgIpc) is 2.97. The summed E-state index contributed by atoms with van der Waals surface area (Å²) in [6.45, 7) is 0. The summed E-state index contributed by atoms with van der Waals surface area (Å²) in [6, 6.07) is 9.93. The van der Waals surface area contributed by atoms with Crippen molar-refractivity contribution in [1.82, 2.24) is 4.98 Å². The van der Waals surface area contributed by atoms with Gasteiger partial charge in [0.05, 0.1) is 11.1 Å². The summed E-state index contributed by atoms with van der Waals surface area (Å²) in [5.74, 6) is 0. The molecular formula is C12H11NO. The minimum absolute atomic E-state index is 0.589. The Morgan fingerprint density at radius 2 is 1.93 bits per heavy atom. The van der Waals surface area contributed by atoms with E-state index in [0.29, 0.717) is 0 Å². The van der Waals surface area contributed by atoms with Crippen LogP contribution >= 0.6 is 0 Å². The van der Waals surface area contributed by atoms with E-state index in [1.54, 1.807) is 6.20 Å². The van der Waals surface area contributed by atoms with Crippen LogP contribution in [0.25, 0.3) is 10.9 Å². The van der Waals surface area contributed by atoms with Gasteiger partial charge in [0, 0.05) is 17.1 Å². The van der Waals surface area contributed by atoms with Gasteiger partial charge in [0.1, 0.15) is 0 Å². The molecule has 3 rings (SSSR count). The Labute approximate surface area is 82.2 Å². The molecule has 2 heteroatoms.